The maximum absolute atomic E-state index is 13.0. The standard InChI is InChI=1S/C21H23N3O4S/c1-15-7-8-19(16(2)13-15)29(27,28)23-11-9-22(10-12-23)14-24-18-6-4-3-5-17(18)20(25)21(24)26/h3-8,13H,9-12,14H2,1-2H3/p+1. The fourth-order valence-corrected chi connectivity index (χ4v) is 5.70. The summed E-state index contributed by atoms with van der Waals surface area (Å²) in [5.74, 6) is -0.986. The number of hydrogen-bond acceptors (Lipinski definition) is 4. The Kier molecular flexibility index (Phi) is 5.02. The van der Waals surface area contributed by atoms with E-state index in [0.717, 1.165) is 16.0 Å². The SMILES string of the molecule is Cc1ccc(S(=O)(=O)N2CC[NH+](CN3C(=O)C(=O)c4ccccc43)CC2)c(C)c1. The molecule has 29 heavy (non-hydrogen) atoms. The number of sulfonamides is 1. The molecule has 2 aliphatic rings. The van der Waals surface area contributed by atoms with Gasteiger partial charge in [0.25, 0.3) is 5.78 Å². The van der Waals surface area contributed by atoms with Crippen LogP contribution in [0.4, 0.5) is 5.69 Å². The smallest absolute Gasteiger partial charge is 0.303 e. The number of carbonyl (C=O) groups excluding carboxylic acids is 2. The second-order valence-electron chi connectivity index (χ2n) is 7.66. The molecule has 1 amide bonds. The average Bonchev–Trinajstić information content (AvgIpc) is 2.93. The number of ketones is 1. The molecule has 0 aliphatic carbocycles. The van der Waals surface area contributed by atoms with Crippen molar-refractivity contribution in [2.45, 2.75) is 18.7 Å². The van der Waals surface area contributed by atoms with Crippen molar-refractivity contribution in [1.29, 1.82) is 0 Å². The number of hydrogen-bond donors (Lipinski definition) is 1. The maximum atomic E-state index is 13.0. The molecule has 0 saturated carbocycles. The quantitative estimate of drug-likeness (QED) is 0.734. The zero-order valence-corrected chi connectivity index (χ0v) is 17.3. The van der Waals surface area contributed by atoms with Crippen LogP contribution >= 0.6 is 0 Å². The van der Waals surface area contributed by atoms with Crippen LogP contribution in [0.15, 0.2) is 47.4 Å². The summed E-state index contributed by atoms with van der Waals surface area (Å²) >= 11 is 0. The van der Waals surface area contributed by atoms with E-state index in [1.807, 2.05) is 32.0 Å². The van der Waals surface area contributed by atoms with Gasteiger partial charge in [-0.3, -0.25) is 14.5 Å². The zero-order chi connectivity index (χ0) is 20.8. The first-order valence-corrected chi connectivity index (χ1v) is 11.1. The van der Waals surface area contributed by atoms with Gasteiger partial charge in [-0.2, -0.15) is 4.31 Å². The van der Waals surface area contributed by atoms with Crippen LogP contribution in [0.5, 0.6) is 0 Å². The molecular formula is C21H24N3O4S+. The monoisotopic (exact) mass is 414 g/mol. The van der Waals surface area contributed by atoms with E-state index in [2.05, 4.69) is 0 Å². The first-order valence-electron chi connectivity index (χ1n) is 9.65. The first kappa shape index (κ1) is 19.8. The van der Waals surface area contributed by atoms with E-state index in [-0.39, 0.29) is 0 Å². The first-order chi connectivity index (χ1) is 13.8. The molecule has 1 saturated heterocycles. The molecule has 2 aromatic carbocycles. The summed E-state index contributed by atoms with van der Waals surface area (Å²) in [6, 6.07) is 12.4. The summed E-state index contributed by atoms with van der Waals surface area (Å²) in [5, 5.41) is 0. The fourth-order valence-electron chi connectivity index (χ4n) is 4.06. The molecule has 0 bridgehead atoms. The molecule has 7 nitrogen and oxygen atoms in total. The minimum atomic E-state index is -3.54. The van der Waals surface area contributed by atoms with Crippen molar-refractivity contribution < 1.29 is 22.9 Å². The number of carbonyl (C=O) groups is 2. The van der Waals surface area contributed by atoms with E-state index < -0.39 is 21.7 Å². The molecule has 0 spiro atoms. The number of Topliss-reactive ketones (excluding diaryl/α,β-unsaturated/α-hetero) is 1. The molecule has 4 rings (SSSR count). The number of fused-ring (bicyclic) bond motifs is 1. The largest absolute Gasteiger partial charge is 0.315 e. The third-order valence-electron chi connectivity index (χ3n) is 5.64. The molecule has 1 fully saturated rings. The molecule has 152 valence electrons. The van der Waals surface area contributed by atoms with Gasteiger partial charge in [0, 0.05) is 0 Å². The Labute approximate surface area is 170 Å². The lowest BCUT2D eigenvalue weighted by Gasteiger charge is -2.33. The average molecular weight is 415 g/mol. The Morgan fingerprint density at radius 1 is 1.00 bits per heavy atom. The molecule has 2 aliphatic heterocycles. The van der Waals surface area contributed by atoms with Gasteiger partial charge in [-0.1, -0.05) is 29.8 Å². The normalized spacial score (nSPS) is 18.3. The van der Waals surface area contributed by atoms with Gasteiger partial charge in [0.05, 0.1) is 42.3 Å². The number of piperazine rings is 1. The van der Waals surface area contributed by atoms with Gasteiger partial charge in [-0.15, -0.1) is 0 Å². The number of amides is 1. The van der Waals surface area contributed by atoms with E-state index in [1.165, 1.54) is 9.21 Å². The summed E-state index contributed by atoms with van der Waals surface area (Å²) in [5.41, 5.74) is 2.85. The Morgan fingerprint density at radius 3 is 2.38 bits per heavy atom. The summed E-state index contributed by atoms with van der Waals surface area (Å²) in [6.07, 6.45) is 0. The van der Waals surface area contributed by atoms with Gasteiger partial charge in [-0.05, 0) is 37.6 Å². The highest BCUT2D eigenvalue weighted by molar-refractivity contribution is 7.89. The molecule has 0 aromatic heterocycles. The maximum Gasteiger partial charge on any atom is 0.303 e. The van der Waals surface area contributed by atoms with Crippen LogP contribution in [0.3, 0.4) is 0 Å². The van der Waals surface area contributed by atoms with E-state index in [9.17, 15) is 18.0 Å². The van der Waals surface area contributed by atoms with Crippen molar-refractivity contribution in [1.82, 2.24) is 4.31 Å². The minimum Gasteiger partial charge on any atom is -0.315 e. The number of aryl methyl sites for hydroxylation is 2. The number of nitrogens with one attached hydrogen (secondary N) is 1. The predicted molar refractivity (Wildman–Crippen MR) is 108 cm³/mol. The van der Waals surface area contributed by atoms with Crippen molar-refractivity contribution >= 4 is 27.4 Å². The zero-order valence-electron chi connectivity index (χ0n) is 16.5. The number of para-hydroxylation sites is 1. The van der Waals surface area contributed by atoms with Crippen molar-refractivity contribution in [3.63, 3.8) is 0 Å². The minimum absolute atomic E-state index is 0.348. The van der Waals surface area contributed by atoms with E-state index in [4.69, 9.17) is 0 Å². The Morgan fingerprint density at radius 2 is 1.69 bits per heavy atom. The summed E-state index contributed by atoms with van der Waals surface area (Å²) in [7, 11) is -3.54. The summed E-state index contributed by atoms with van der Waals surface area (Å²) in [6.45, 7) is 6.02. The van der Waals surface area contributed by atoms with Gasteiger partial charge >= 0.3 is 5.91 Å². The lowest BCUT2D eigenvalue weighted by molar-refractivity contribution is -0.902. The molecule has 0 atom stereocenters. The van der Waals surface area contributed by atoms with Crippen molar-refractivity contribution in [2.75, 3.05) is 37.7 Å². The van der Waals surface area contributed by atoms with Crippen molar-refractivity contribution in [3.05, 3.63) is 59.2 Å². The summed E-state index contributed by atoms with van der Waals surface area (Å²) < 4.78 is 27.6. The van der Waals surface area contributed by atoms with Crippen LogP contribution in [0.2, 0.25) is 0 Å². The molecule has 0 radical (unpaired) electrons. The predicted octanol–water partition coefficient (Wildman–Crippen LogP) is 0.380. The number of nitrogens with zero attached hydrogens (tertiary/aromatic N) is 2. The topological polar surface area (TPSA) is 79.2 Å². The molecule has 2 aromatic rings. The van der Waals surface area contributed by atoms with Crippen LogP contribution in [0, 0.1) is 13.8 Å². The lowest BCUT2D eigenvalue weighted by atomic mass is 10.1. The molecule has 2 heterocycles. The second-order valence-corrected chi connectivity index (χ2v) is 9.57. The van der Waals surface area contributed by atoms with Crippen LogP contribution in [-0.2, 0) is 14.8 Å². The van der Waals surface area contributed by atoms with E-state index in [1.54, 1.807) is 24.3 Å². The van der Waals surface area contributed by atoms with Gasteiger partial charge in [0.2, 0.25) is 10.0 Å². The summed E-state index contributed by atoms with van der Waals surface area (Å²) in [4.78, 5) is 27.5. The van der Waals surface area contributed by atoms with Gasteiger partial charge in [0.15, 0.2) is 6.67 Å². The Hall–Kier alpha value is -2.55. The number of anilines is 1. The highest BCUT2D eigenvalue weighted by Gasteiger charge is 2.39. The Balaban J connectivity index is 1.45. The Bertz CT molecular complexity index is 1090. The van der Waals surface area contributed by atoms with Crippen LogP contribution < -0.4 is 9.80 Å². The number of rotatable bonds is 4. The van der Waals surface area contributed by atoms with Gasteiger partial charge in [0.1, 0.15) is 0 Å². The lowest BCUT2D eigenvalue weighted by Crippen LogP contribution is -3.16. The van der Waals surface area contributed by atoms with Crippen LogP contribution in [-0.4, -0.2) is 57.3 Å². The van der Waals surface area contributed by atoms with Crippen molar-refractivity contribution in [3.8, 4) is 0 Å². The highest BCUT2D eigenvalue weighted by Crippen LogP contribution is 2.27. The van der Waals surface area contributed by atoms with E-state index in [0.29, 0.717) is 49.0 Å². The highest BCUT2D eigenvalue weighted by atomic mass is 32.2. The third-order valence-corrected chi connectivity index (χ3v) is 7.70. The molecule has 1 N–H and O–H groups in total. The van der Waals surface area contributed by atoms with Gasteiger partial charge < -0.3 is 4.90 Å². The molecule has 8 heteroatoms. The molecule has 0 unspecified atom stereocenters. The number of benzene rings is 2. The van der Waals surface area contributed by atoms with Crippen LogP contribution in [0.25, 0.3) is 0 Å². The number of quaternary nitrogens is 1. The van der Waals surface area contributed by atoms with Crippen molar-refractivity contribution in [2.24, 2.45) is 0 Å². The van der Waals surface area contributed by atoms with Crippen LogP contribution in [0.1, 0.15) is 21.5 Å². The van der Waals surface area contributed by atoms with Gasteiger partial charge in [-0.25, -0.2) is 8.42 Å². The van der Waals surface area contributed by atoms with E-state index >= 15 is 0 Å². The fraction of sp³-hybridized carbons (Fsp3) is 0.333. The molecular weight excluding hydrogens is 390 g/mol. The third kappa shape index (κ3) is 3.48. The second kappa shape index (κ2) is 7.37.